The number of urea groups is 1. The lowest BCUT2D eigenvalue weighted by molar-refractivity contribution is 0.153. The molecule has 1 aliphatic heterocycles. The van der Waals surface area contributed by atoms with Gasteiger partial charge in [-0.15, -0.1) is 0 Å². The lowest BCUT2D eigenvalue weighted by Gasteiger charge is -2.35. The van der Waals surface area contributed by atoms with Gasteiger partial charge in [-0.05, 0) is 61.7 Å². The number of carbonyl (C=O) groups excluding carboxylic acids is 1. The molecule has 168 valence electrons. The first kappa shape index (κ1) is 23.4. The highest BCUT2D eigenvalue weighted by Crippen LogP contribution is 2.21. The summed E-state index contributed by atoms with van der Waals surface area (Å²) in [6, 6.07) is 12.2. The van der Waals surface area contributed by atoms with E-state index in [1.54, 1.807) is 17.0 Å². The predicted molar refractivity (Wildman–Crippen MR) is 122 cm³/mol. The molecule has 2 aromatic carbocycles. The maximum absolute atomic E-state index is 14.4. The molecule has 0 bridgehead atoms. The number of amides is 2. The Kier molecular flexibility index (Phi) is 8.55. The van der Waals surface area contributed by atoms with Crippen LogP contribution < -0.4 is 15.4 Å². The Labute approximate surface area is 188 Å². The highest BCUT2D eigenvalue weighted by molar-refractivity contribution is 6.30. The van der Waals surface area contributed by atoms with Crippen molar-refractivity contribution in [3.8, 4) is 5.75 Å². The number of halogens is 2. The molecule has 2 N–H and O–H groups in total. The SMILES string of the molecule is CC(C)COc1ccc(CNC(=O)N(Cc2ccc(Cl)cc2F)C2CCNCC2)cc1. The van der Waals surface area contributed by atoms with E-state index >= 15 is 0 Å². The van der Waals surface area contributed by atoms with E-state index in [1.165, 1.54) is 6.07 Å². The van der Waals surface area contributed by atoms with E-state index in [-0.39, 0.29) is 18.6 Å². The van der Waals surface area contributed by atoms with Crippen LogP contribution in [0, 0.1) is 11.7 Å². The molecule has 1 saturated heterocycles. The van der Waals surface area contributed by atoms with Crippen LogP contribution in [0.15, 0.2) is 42.5 Å². The van der Waals surface area contributed by atoms with Gasteiger partial charge >= 0.3 is 6.03 Å². The van der Waals surface area contributed by atoms with E-state index < -0.39 is 5.82 Å². The maximum Gasteiger partial charge on any atom is 0.318 e. The van der Waals surface area contributed by atoms with Gasteiger partial charge in [-0.25, -0.2) is 9.18 Å². The van der Waals surface area contributed by atoms with E-state index in [9.17, 15) is 9.18 Å². The van der Waals surface area contributed by atoms with Gasteiger partial charge in [0.2, 0.25) is 0 Å². The summed E-state index contributed by atoms with van der Waals surface area (Å²) in [5.74, 6) is 0.889. The predicted octanol–water partition coefficient (Wildman–Crippen LogP) is 4.98. The fraction of sp³-hybridized carbons (Fsp3) is 0.458. The zero-order valence-corrected chi connectivity index (χ0v) is 18.9. The number of carbonyl (C=O) groups is 1. The summed E-state index contributed by atoms with van der Waals surface area (Å²) in [5.41, 5.74) is 1.44. The summed E-state index contributed by atoms with van der Waals surface area (Å²) in [6.45, 7) is 7.17. The first-order chi connectivity index (χ1) is 14.9. The van der Waals surface area contributed by atoms with Gasteiger partial charge in [-0.2, -0.15) is 0 Å². The Morgan fingerprint density at radius 2 is 1.94 bits per heavy atom. The van der Waals surface area contributed by atoms with Crippen LogP contribution in [0.3, 0.4) is 0 Å². The molecule has 31 heavy (non-hydrogen) atoms. The van der Waals surface area contributed by atoms with Crippen molar-refractivity contribution in [2.75, 3.05) is 19.7 Å². The average Bonchev–Trinajstić information content (AvgIpc) is 2.77. The van der Waals surface area contributed by atoms with Crippen molar-refractivity contribution in [1.29, 1.82) is 0 Å². The molecule has 7 heteroatoms. The molecule has 5 nitrogen and oxygen atoms in total. The fourth-order valence-electron chi connectivity index (χ4n) is 3.56. The van der Waals surface area contributed by atoms with Gasteiger partial charge in [-0.3, -0.25) is 0 Å². The van der Waals surface area contributed by atoms with Crippen molar-refractivity contribution in [3.05, 3.63) is 64.4 Å². The number of rotatable bonds is 8. The van der Waals surface area contributed by atoms with Crippen LogP contribution in [0.2, 0.25) is 5.02 Å². The van der Waals surface area contributed by atoms with E-state index in [0.29, 0.717) is 29.7 Å². The average molecular weight is 448 g/mol. The van der Waals surface area contributed by atoms with Crippen molar-refractivity contribution in [1.82, 2.24) is 15.5 Å². The third-order valence-corrected chi connectivity index (χ3v) is 5.55. The molecular formula is C24H31ClFN3O2. The van der Waals surface area contributed by atoms with E-state index in [2.05, 4.69) is 24.5 Å². The normalized spacial score (nSPS) is 14.5. The minimum Gasteiger partial charge on any atom is -0.493 e. The summed E-state index contributed by atoms with van der Waals surface area (Å²) in [4.78, 5) is 14.8. The van der Waals surface area contributed by atoms with Crippen LogP contribution in [-0.4, -0.2) is 36.7 Å². The van der Waals surface area contributed by atoms with Gasteiger partial charge in [0.15, 0.2) is 0 Å². The van der Waals surface area contributed by atoms with E-state index in [4.69, 9.17) is 16.3 Å². The Morgan fingerprint density at radius 1 is 1.23 bits per heavy atom. The largest absolute Gasteiger partial charge is 0.493 e. The van der Waals surface area contributed by atoms with Gasteiger partial charge in [0.25, 0.3) is 0 Å². The van der Waals surface area contributed by atoms with Crippen LogP contribution in [0.25, 0.3) is 0 Å². The zero-order valence-electron chi connectivity index (χ0n) is 18.2. The monoisotopic (exact) mass is 447 g/mol. The number of nitrogens with one attached hydrogen (secondary N) is 2. The third-order valence-electron chi connectivity index (χ3n) is 5.32. The minimum absolute atomic E-state index is 0.0585. The summed E-state index contributed by atoms with van der Waals surface area (Å²) in [5, 5.41) is 6.65. The molecule has 0 aromatic heterocycles. The van der Waals surface area contributed by atoms with Gasteiger partial charge in [0, 0.05) is 23.2 Å². The lowest BCUT2D eigenvalue weighted by atomic mass is 10.0. The fourth-order valence-corrected chi connectivity index (χ4v) is 3.72. The van der Waals surface area contributed by atoms with Crippen molar-refractivity contribution < 1.29 is 13.9 Å². The summed E-state index contributed by atoms with van der Waals surface area (Å²) >= 11 is 5.88. The van der Waals surface area contributed by atoms with Gasteiger partial charge < -0.3 is 20.3 Å². The second kappa shape index (κ2) is 11.3. The summed E-state index contributed by atoms with van der Waals surface area (Å²) < 4.78 is 20.1. The van der Waals surface area contributed by atoms with Crippen molar-refractivity contribution >= 4 is 17.6 Å². The second-order valence-corrected chi connectivity index (χ2v) is 8.79. The molecule has 1 heterocycles. The number of piperidine rings is 1. The minimum atomic E-state index is -0.392. The number of nitrogens with zero attached hydrogens (tertiary/aromatic N) is 1. The first-order valence-electron chi connectivity index (χ1n) is 10.8. The van der Waals surface area contributed by atoms with E-state index in [1.807, 2.05) is 24.3 Å². The molecule has 0 aliphatic carbocycles. The Balaban J connectivity index is 1.64. The van der Waals surface area contributed by atoms with Gasteiger partial charge in [-0.1, -0.05) is 43.6 Å². The topological polar surface area (TPSA) is 53.6 Å². The number of ether oxygens (including phenoxy) is 1. The number of hydrogen-bond donors (Lipinski definition) is 2. The van der Waals surface area contributed by atoms with Gasteiger partial charge in [0.1, 0.15) is 11.6 Å². The van der Waals surface area contributed by atoms with Crippen LogP contribution in [0.1, 0.15) is 37.8 Å². The molecule has 3 rings (SSSR count). The second-order valence-electron chi connectivity index (χ2n) is 8.35. The first-order valence-corrected chi connectivity index (χ1v) is 11.2. The van der Waals surface area contributed by atoms with Crippen molar-refractivity contribution in [3.63, 3.8) is 0 Å². The van der Waals surface area contributed by atoms with Crippen molar-refractivity contribution in [2.24, 2.45) is 5.92 Å². The maximum atomic E-state index is 14.4. The molecule has 0 unspecified atom stereocenters. The van der Waals surface area contributed by atoms with E-state index in [0.717, 1.165) is 37.2 Å². The highest BCUT2D eigenvalue weighted by atomic mass is 35.5. The Morgan fingerprint density at radius 3 is 2.58 bits per heavy atom. The molecule has 2 aromatic rings. The van der Waals surface area contributed by atoms with Crippen LogP contribution in [0.4, 0.5) is 9.18 Å². The molecule has 0 spiro atoms. The lowest BCUT2D eigenvalue weighted by Crippen LogP contribution is -2.49. The smallest absolute Gasteiger partial charge is 0.318 e. The number of hydrogen-bond acceptors (Lipinski definition) is 3. The van der Waals surface area contributed by atoms with Crippen LogP contribution in [0.5, 0.6) is 5.75 Å². The standard InChI is InChI=1S/C24H31ClFN3O2/c1-17(2)16-31-22-7-3-18(4-8-22)14-28-24(30)29(21-9-11-27-12-10-21)15-19-5-6-20(25)13-23(19)26/h3-8,13,17,21,27H,9-12,14-16H2,1-2H3,(H,28,30). The quantitative estimate of drug-likeness (QED) is 0.600. The molecular weight excluding hydrogens is 417 g/mol. The number of benzene rings is 2. The molecule has 0 saturated carbocycles. The molecule has 1 aliphatic rings. The molecule has 0 radical (unpaired) electrons. The third kappa shape index (κ3) is 7.11. The highest BCUT2D eigenvalue weighted by Gasteiger charge is 2.26. The van der Waals surface area contributed by atoms with Crippen molar-refractivity contribution in [2.45, 2.75) is 45.8 Å². The summed E-state index contributed by atoms with van der Waals surface area (Å²) in [6.07, 6.45) is 1.68. The zero-order chi connectivity index (χ0) is 22.2. The Bertz CT molecular complexity index is 854. The Hall–Kier alpha value is -2.31. The van der Waals surface area contributed by atoms with Crippen LogP contribution in [-0.2, 0) is 13.1 Å². The summed E-state index contributed by atoms with van der Waals surface area (Å²) in [7, 11) is 0. The molecule has 2 amide bonds. The molecule has 0 atom stereocenters. The van der Waals surface area contributed by atoms with Crippen LogP contribution >= 0.6 is 11.6 Å². The molecule has 1 fully saturated rings. The van der Waals surface area contributed by atoms with Gasteiger partial charge in [0.05, 0.1) is 13.2 Å².